The van der Waals surface area contributed by atoms with Gasteiger partial charge in [0, 0.05) is 45.5 Å². The molecule has 290 valence electrons. The number of hydrogen-bond acceptors (Lipinski definition) is 6. The molecule has 0 aliphatic rings. The number of benzene rings is 4. The summed E-state index contributed by atoms with van der Waals surface area (Å²) in [7, 11) is 10.7. The van der Waals surface area contributed by atoms with Crippen molar-refractivity contribution in [1.29, 1.82) is 0 Å². The molecule has 6 nitrogen and oxygen atoms in total. The van der Waals surface area contributed by atoms with Gasteiger partial charge in [0.05, 0.1) is 42.7 Å². The monoisotopic (exact) mass is 744 g/mol. The highest BCUT2D eigenvalue weighted by Gasteiger charge is 2.30. The molecule has 0 saturated carbocycles. The van der Waals surface area contributed by atoms with Crippen LogP contribution in [0.4, 0.5) is 0 Å². The molecular formula is C46H65O6P. The Hall–Kier alpha value is -3.89. The lowest BCUT2D eigenvalue weighted by atomic mass is 9.79. The molecule has 4 aromatic rings. The molecule has 4 rings (SSSR count). The number of ether oxygens (including phenoxy) is 6. The van der Waals surface area contributed by atoms with Gasteiger partial charge in [-0.15, -0.1) is 0 Å². The Morgan fingerprint density at radius 3 is 0.849 bits per heavy atom. The van der Waals surface area contributed by atoms with Gasteiger partial charge >= 0.3 is 0 Å². The van der Waals surface area contributed by atoms with Crippen LogP contribution in [-0.2, 0) is 21.7 Å². The Labute approximate surface area is 322 Å². The maximum atomic E-state index is 5.98. The van der Waals surface area contributed by atoms with Crippen LogP contribution in [0, 0.1) is 0 Å². The van der Waals surface area contributed by atoms with E-state index in [9.17, 15) is 0 Å². The second kappa shape index (κ2) is 17.1. The second-order valence-corrected chi connectivity index (χ2v) is 18.9. The molecule has 0 atom stereocenters. The summed E-state index contributed by atoms with van der Waals surface area (Å²) in [6.45, 7) is 27.2. The average Bonchev–Trinajstić information content (AvgIpc) is 3.09. The summed E-state index contributed by atoms with van der Waals surface area (Å²) in [5.74, 6) is 5.02. The fraction of sp³-hybridized carbons (Fsp3) is 0.478. The molecule has 0 unspecified atom stereocenters. The lowest BCUT2D eigenvalue weighted by molar-refractivity contribution is 0.381. The molecular weight excluding hydrogens is 679 g/mol. The minimum atomic E-state index is -0.00111. The van der Waals surface area contributed by atoms with Crippen LogP contribution in [0.5, 0.6) is 34.5 Å². The quantitative estimate of drug-likeness (QED) is 0.159. The van der Waals surface area contributed by atoms with Gasteiger partial charge in [-0.3, -0.25) is 0 Å². The zero-order chi connectivity index (χ0) is 40.1. The van der Waals surface area contributed by atoms with Crippen LogP contribution in [-0.4, -0.2) is 42.7 Å². The van der Waals surface area contributed by atoms with Crippen LogP contribution in [0.3, 0.4) is 0 Å². The maximum Gasteiger partial charge on any atom is 0.130 e. The Morgan fingerprint density at radius 2 is 0.642 bits per heavy atom. The van der Waals surface area contributed by atoms with Gasteiger partial charge in [-0.2, -0.15) is 0 Å². The third kappa shape index (κ3) is 10.6. The van der Waals surface area contributed by atoms with Gasteiger partial charge in [0.25, 0.3) is 0 Å². The second-order valence-electron chi connectivity index (χ2n) is 17.5. The molecule has 0 aromatic heterocycles. The van der Waals surface area contributed by atoms with Gasteiger partial charge in [-0.05, 0) is 80.8 Å². The van der Waals surface area contributed by atoms with E-state index < -0.39 is 0 Å². The molecule has 53 heavy (non-hydrogen) atoms. The fourth-order valence-corrected chi connectivity index (χ4v) is 7.48. The first-order chi connectivity index (χ1) is 24.5. The van der Waals surface area contributed by atoms with Gasteiger partial charge in [-0.1, -0.05) is 91.7 Å². The highest BCUT2D eigenvalue weighted by Crippen LogP contribution is 2.43. The van der Waals surface area contributed by atoms with E-state index in [1.54, 1.807) is 42.7 Å². The molecule has 4 aromatic carbocycles. The molecule has 0 N–H and O–H groups in total. The molecule has 7 heteroatoms. The SMILES string of the molecule is COc1c(C(C)(C)C)cc(Pc2cc(C(C)(C)C)c(OC)c(C(C)(C)C)c2)cc1C(C)(C)C.COc1ccc(-c2ccc(OC)cc2OC)c(OC)c1. The molecule has 0 radical (unpaired) electrons. The summed E-state index contributed by atoms with van der Waals surface area (Å²) in [6, 6.07) is 20.8. The normalized spacial score (nSPS) is 12.0. The third-order valence-electron chi connectivity index (χ3n) is 9.21. The largest absolute Gasteiger partial charge is 0.497 e. The Kier molecular flexibility index (Phi) is 14.0. The van der Waals surface area contributed by atoms with E-state index in [0.29, 0.717) is 8.58 Å². The summed E-state index contributed by atoms with van der Waals surface area (Å²) in [5, 5.41) is 2.71. The zero-order valence-corrected chi connectivity index (χ0v) is 36.7. The maximum absolute atomic E-state index is 5.98. The first-order valence-corrected chi connectivity index (χ1v) is 19.2. The molecule has 0 fully saturated rings. The van der Waals surface area contributed by atoms with Crippen molar-refractivity contribution in [3.63, 3.8) is 0 Å². The minimum absolute atomic E-state index is 0.00111. The van der Waals surface area contributed by atoms with Crippen molar-refractivity contribution < 1.29 is 28.4 Å². The van der Waals surface area contributed by atoms with Crippen molar-refractivity contribution >= 4 is 19.2 Å². The van der Waals surface area contributed by atoms with Crippen molar-refractivity contribution in [3.8, 4) is 45.6 Å². The van der Waals surface area contributed by atoms with Crippen molar-refractivity contribution in [1.82, 2.24) is 0 Å². The number of hydrogen-bond donors (Lipinski definition) is 0. The predicted molar refractivity (Wildman–Crippen MR) is 226 cm³/mol. The van der Waals surface area contributed by atoms with Gasteiger partial charge in [0.15, 0.2) is 0 Å². The first kappa shape index (κ1) is 43.5. The van der Waals surface area contributed by atoms with Crippen LogP contribution >= 0.6 is 8.58 Å². The van der Waals surface area contributed by atoms with Crippen molar-refractivity contribution in [2.45, 2.75) is 105 Å². The van der Waals surface area contributed by atoms with Crippen molar-refractivity contribution in [2.75, 3.05) is 42.7 Å². The Morgan fingerprint density at radius 1 is 0.358 bits per heavy atom. The molecule has 0 saturated heterocycles. The van der Waals surface area contributed by atoms with E-state index in [1.165, 1.54) is 32.9 Å². The van der Waals surface area contributed by atoms with Gasteiger partial charge in [-0.25, -0.2) is 0 Å². The van der Waals surface area contributed by atoms with Gasteiger partial charge in [0.1, 0.15) is 34.5 Å². The molecule has 0 aliphatic carbocycles. The molecule has 0 heterocycles. The fourth-order valence-electron chi connectivity index (χ4n) is 6.28. The van der Waals surface area contributed by atoms with Crippen LogP contribution < -0.4 is 39.0 Å². The minimum Gasteiger partial charge on any atom is -0.497 e. The Bertz CT molecular complexity index is 1640. The summed E-state index contributed by atoms with van der Waals surface area (Å²) < 4.78 is 33.2. The van der Waals surface area contributed by atoms with Gasteiger partial charge < -0.3 is 28.4 Å². The van der Waals surface area contributed by atoms with Crippen LogP contribution in [0.15, 0.2) is 60.7 Å². The lowest BCUT2D eigenvalue weighted by Crippen LogP contribution is -2.24. The summed E-state index contributed by atoms with van der Waals surface area (Å²) in [4.78, 5) is 0. The topological polar surface area (TPSA) is 55.4 Å². The van der Waals surface area contributed by atoms with E-state index in [1.807, 2.05) is 36.4 Å². The Balaban J connectivity index is 0.000000321. The van der Waals surface area contributed by atoms with Gasteiger partial charge in [0.2, 0.25) is 0 Å². The van der Waals surface area contributed by atoms with E-state index in [0.717, 1.165) is 45.6 Å². The summed E-state index contributed by atoms with van der Waals surface area (Å²) >= 11 is 0. The van der Waals surface area contributed by atoms with Crippen LogP contribution in [0.2, 0.25) is 0 Å². The van der Waals surface area contributed by atoms with Crippen LogP contribution in [0.25, 0.3) is 11.1 Å². The highest BCUT2D eigenvalue weighted by atomic mass is 31.1. The highest BCUT2D eigenvalue weighted by molar-refractivity contribution is 7.55. The first-order valence-electron chi connectivity index (χ1n) is 18.2. The lowest BCUT2D eigenvalue weighted by Gasteiger charge is -2.31. The molecule has 0 aliphatic heterocycles. The predicted octanol–water partition coefficient (Wildman–Crippen LogP) is 10.9. The van der Waals surface area contributed by atoms with Crippen molar-refractivity contribution in [2.24, 2.45) is 0 Å². The molecule has 0 spiro atoms. The van der Waals surface area contributed by atoms with E-state index >= 15 is 0 Å². The van der Waals surface area contributed by atoms with E-state index in [-0.39, 0.29) is 21.7 Å². The van der Waals surface area contributed by atoms with Crippen LogP contribution in [0.1, 0.15) is 105 Å². The third-order valence-corrected chi connectivity index (χ3v) is 10.4. The summed E-state index contributed by atoms with van der Waals surface area (Å²) in [5.41, 5.74) is 6.98. The zero-order valence-electron chi connectivity index (χ0n) is 35.7. The molecule has 0 bridgehead atoms. The molecule has 0 amide bonds. The number of rotatable bonds is 9. The van der Waals surface area contributed by atoms with E-state index in [4.69, 9.17) is 28.4 Å². The van der Waals surface area contributed by atoms with Crippen molar-refractivity contribution in [3.05, 3.63) is 82.9 Å². The number of methoxy groups -OCH3 is 6. The summed E-state index contributed by atoms with van der Waals surface area (Å²) in [6.07, 6.45) is 0. The average molecular weight is 745 g/mol. The smallest absolute Gasteiger partial charge is 0.130 e. The van der Waals surface area contributed by atoms with E-state index in [2.05, 4.69) is 107 Å². The standard InChI is InChI=1S/C30H47O2P.C16H18O4/c1-27(2,3)21-15-19(16-22(25(21)31-13)28(4,5)6)33-20-17-23(29(7,8)9)26(32-14)24(18-20)30(10,11)12;1-17-11-5-7-13(15(9-11)19-3)14-8-6-12(18-2)10-16(14)20-4/h15-18,33H,1-14H3;5-10H,1-4H3.